The molecule has 3 N–H and O–H groups in total. The summed E-state index contributed by atoms with van der Waals surface area (Å²) in [6.07, 6.45) is 0.634. The number of thiazole rings is 1. The van der Waals surface area contributed by atoms with Gasteiger partial charge in [0.05, 0.1) is 17.3 Å². The molecule has 0 saturated carbocycles. The highest BCUT2D eigenvalue weighted by atomic mass is 32.1. The molecule has 0 unspecified atom stereocenters. The maximum Gasteiger partial charge on any atom is 0.275 e. The summed E-state index contributed by atoms with van der Waals surface area (Å²) in [7, 11) is 3.34. The SMILES string of the molecule is CCOc1ccc(C(=O)N(C)C)cc1NC(=O)c1csc(CCN)n1. The third-order valence-corrected chi connectivity index (χ3v) is 4.23. The van der Waals surface area contributed by atoms with Crippen molar-refractivity contribution in [2.45, 2.75) is 13.3 Å². The minimum absolute atomic E-state index is 0.155. The number of hydrogen-bond acceptors (Lipinski definition) is 6. The van der Waals surface area contributed by atoms with E-state index >= 15 is 0 Å². The van der Waals surface area contributed by atoms with E-state index in [0.717, 1.165) is 5.01 Å². The molecule has 7 nitrogen and oxygen atoms in total. The highest BCUT2D eigenvalue weighted by Gasteiger charge is 2.16. The van der Waals surface area contributed by atoms with Crippen molar-refractivity contribution in [2.75, 3.05) is 32.6 Å². The molecular weight excluding hydrogens is 340 g/mol. The van der Waals surface area contributed by atoms with Gasteiger partial charge in [-0.3, -0.25) is 9.59 Å². The van der Waals surface area contributed by atoms with Crippen molar-refractivity contribution >= 4 is 28.8 Å². The summed E-state index contributed by atoms with van der Waals surface area (Å²) < 4.78 is 5.54. The fourth-order valence-corrected chi connectivity index (χ4v) is 2.93. The largest absolute Gasteiger partial charge is 0.492 e. The molecule has 25 heavy (non-hydrogen) atoms. The third kappa shape index (κ3) is 4.77. The van der Waals surface area contributed by atoms with Gasteiger partial charge in [0, 0.05) is 31.5 Å². The Kier molecular flexibility index (Phi) is 6.49. The van der Waals surface area contributed by atoms with Crippen molar-refractivity contribution in [3.8, 4) is 5.75 Å². The predicted molar refractivity (Wildman–Crippen MR) is 98.5 cm³/mol. The van der Waals surface area contributed by atoms with Gasteiger partial charge in [-0.25, -0.2) is 4.98 Å². The van der Waals surface area contributed by atoms with Crippen molar-refractivity contribution in [1.29, 1.82) is 0 Å². The smallest absolute Gasteiger partial charge is 0.275 e. The molecular formula is C17H22N4O3S. The molecule has 1 aromatic carbocycles. The van der Waals surface area contributed by atoms with Gasteiger partial charge < -0.3 is 20.7 Å². The first-order valence-corrected chi connectivity index (χ1v) is 8.78. The zero-order valence-electron chi connectivity index (χ0n) is 14.5. The van der Waals surface area contributed by atoms with Gasteiger partial charge in [-0.2, -0.15) is 0 Å². The van der Waals surface area contributed by atoms with Crippen LogP contribution in [0.2, 0.25) is 0 Å². The summed E-state index contributed by atoms with van der Waals surface area (Å²) in [5.41, 5.74) is 6.73. The van der Waals surface area contributed by atoms with Crippen LogP contribution in [0, 0.1) is 0 Å². The Labute approximate surface area is 150 Å². The maximum atomic E-state index is 12.5. The summed E-state index contributed by atoms with van der Waals surface area (Å²) in [6.45, 7) is 2.78. The highest BCUT2D eigenvalue weighted by molar-refractivity contribution is 7.09. The summed E-state index contributed by atoms with van der Waals surface area (Å²) in [5.74, 6) is -0.00377. The van der Waals surface area contributed by atoms with E-state index in [2.05, 4.69) is 10.3 Å². The number of nitrogens with two attached hydrogens (primary N) is 1. The second-order valence-electron chi connectivity index (χ2n) is 5.46. The molecule has 0 atom stereocenters. The summed E-state index contributed by atoms with van der Waals surface area (Å²) >= 11 is 1.40. The first kappa shape index (κ1) is 18.9. The van der Waals surface area contributed by atoms with Crippen LogP contribution in [-0.2, 0) is 6.42 Å². The zero-order valence-corrected chi connectivity index (χ0v) is 15.4. The molecule has 0 radical (unpaired) electrons. The molecule has 1 heterocycles. The first-order valence-electron chi connectivity index (χ1n) is 7.90. The maximum absolute atomic E-state index is 12.5. The summed E-state index contributed by atoms with van der Waals surface area (Å²) in [5, 5.41) is 5.28. The van der Waals surface area contributed by atoms with Crippen LogP contribution in [-0.4, -0.2) is 48.9 Å². The lowest BCUT2D eigenvalue weighted by atomic mass is 10.1. The van der Waals surface area contributed by atoms with Crippen molar-refractivity contribution in [1.82, 2.24) is 9.88 Å². The molecule has 2 amide bonds. The average molecular weight is 362 g/mol. The number of rotatable bonds is 7. The Morgan fingerprint density at radius 1 is 1.36 bits per heavy atom. The second-order valence-corrected chi connectivity index (χ2v) is 6.41. The van der Waals surface area contributed by atoms with Crippen LogP contribution in [0.1, 0.15) is 32.8 Å². The molecule has 0 saturated heterocycles. The molecule has 134 valence electrons. The van der Waals surface area contributed by atoms with Crippen LogP contribution in [0.3, 0.4) is 0 Å². The van der Waals surface area contributed by atoms with Crippen LogP contribution in [0.5, 0.6) is 5.75 Å². The zero-order chi connectivity index (χ0) is 18.4. The molecule has 8 heteroatoms. The van der Waals surface area contributed by atoms with Gasteiger partial charge in [0.15, 0.2) is 0 Å². The van der Waals surface area contributed by atoms with E-state index in [1.807, 2.05) is 6.92 Å². The van der Waals surface area contributed by atoms with Crippen molar-refractivity contribution in [2.24, 2.45) is 5.73 Å². The Hall–Kier alpha value is -2.45. The lowest BCUT2D eigenvalue weighted by Crippen LogP contribution is -2.22. The van der Waals surface area contributed by atoms with E-state index in [9.17, 15) is 9.59 Å². The van der Waals surface area contributed by atoms with Gasteiger partial charge in [-0.05, 0) is 31.7 Å². The molecule has 0 fully saturated rings. The lowest BCUT2D eigenvalue weighted by molar-refractivity contribution is 0.0827. The molecule has 0 bridgehead atoms. The Morgan fingerprint density at radius 2 is 2.12 bits per heavy atom. The van der Waals surface area contributed by atoms with Crippen molar-refractivity contribution in [3.05, 3.63) is 39.8 Å². The van der Waals surface area contributed by atoms with Gasteiger partial charge in [-0.15, -0.1) is 11.3 Å². The number of anilines is 1. The lowest BCUT2D eigenvalue weighted by Gasteiger charge is -2.15. The monoisotopic (exact) mass is 362 g/mol. The fourth-order valence-electron chi connectivity index (χ4n) is 2.14. The Morgan fingerprint density at radius 3 is 2.76 bits per heavy atom. The van der Waals surface area contributed by atoms with E-state index in [1.54, 1.807) is 37.7 Å². The topological polar surface area (TPSA) is 97.5 Å². The molecule has 0 aliphatic rings. The van der Waals surface area contributed by atoms with E-state index in [-0.39, 0.29) is 11.8 Å². The molecule has 0 aliphatic heterocycles. The summed E-state index contributed by atoms with van der Waals surface area (Å²) in [4.78, 5) is 30.3. The average Bonchev–Trinajstić information content (AvgIpc) is 3.05. The van der Waals surface area contributed by atoms with Crippen molar-refractivity contribution in [3.63, 3.8) is 0 Å². The van der Waals surface area contributed by atoms with Crippen LogP contribution in [0.4, 0.5) is 5.69 Å². The van der Waals surface area contributed by atoms with Gasteiger partial charge in [0.25, 0.3) is 11.8 Å². The molecule has 0 spiro atoms. The molecule has 2 rings (SSSR count). The number of benzene rings is 1. The van der Waals surface area contributed by atoms with Crippen LogP contribution in [0.15, 0.2) is 23.6 Å². The predicted octanol–water partition coefficient (Wildman–Crippen LogP) is 2.00. The second kappa shape index (κ2) is 8.59. The Bertz CT molecular complexity index is 758. The summed E-state index contributed by atoms with van der Waals surface area (Å²) in [6, 6.07) is 4.96. The van der Waals surface area contributed by atoms with Crippen LogP contribution >= 0.6 is 11.3 Å². The van der Waals surface area contributed by atoms with Gasteiger partial charge in [0.2, 0.25) is 0 Å². The minimum atomic E-state index is -0.352. The number of ether oxygens (including phenoxy) is 1. The number of hydrogen-bond donors (Lipinski definition) is 2. The standard InChI is InChI=1S/C17H22N4O3S/c1-4-24-14-6-5-11(17(23)21(2)3)9-12(14)20-16(22)13-10-25-15(19-13)7-8-18/h5-6,9-10H,4,7-8,18H2,1-3H3,(H,20,22). The molecule has 0 aliphatic carbocycles. The van der Waals surface area contributed by atoms with Gasteiger partial charge in [0.1, 0.15) is 11.4 Å². The van der Waals surface area contributed by atoms with E-state index in [1.165, 1.54) is 16.2 Å². The van der Waals surface area contributed by atoms with Crippen LogP contribution < -0.4 is 15.8 Å². The highest BCUT2D eigenvalue weighted by Crippen LogP contribution is 2.27. The fraction of sp³-hybridized carbons (Fsp3) is 0.353. The Balaban J connectivity index is 2.26. The third-order valence-electron chi connectivity index (χ3n) is 3.32. The van der Waals surface area contributed by atoms with Gasteiger partial charge >= 0.3 is 0 Å². The molecule has 1 aromatic heterocycles. The quantitative estimate of drug-likeness (QED) is 0.785. The van der Waals surface area contributed by atoms with E-state index in [4.69, 9.17) is 10.5 Å². The number of nitrogens with one attached hydrogen (secondary N) is 1. The van der Waals surface area contributed by atoms with Crippen molar-refractivity contribution < 1.29 is 14.3 Å². The number of carbonyl (C=O) groups is 2. The number of carbonyl (C=O) groups excluding carboxylic acids is 2. The van der Waals surface area contributed by atoms with Gasteiger partial charge in [-0.1, -0.05) is 0 Å². The number of aromatic nitrogens is 1. The number of amides is 2. The van der Waals surface area contributed by atoms with E-state index in [0.29, 0.717) is 42.3 Å². The van der Waals surface area contributed by atoms with Crippen LogP contribution in [0.25, 0.3) is 0 Å². The van der Waals surface area contributed by atoms with E-state index < -0.39 is 0 Å². The minimum Gasteiger partial charge on any atom is -0.492 e. The molecule has 2 aromatic rings. The first-order chi connectivity index (χ1) is 12.0. The number of nitrogens with zero attached hydrogens (tertiary/aromatic N) is 2. The normalized spacial score (nSPS) is 10.4.